The number of hydrogen-bond donors (Lipinski definition) is 2. The summed E-state index contributed by atoms with van der Waals surface area (Å²) in [6.07, 6.45) is 0.923. The van der Waals surface area contributed by atoms with Crippen LogP contribution in [0.5, 0.6) is 0 Å². The molecular formula is C18H27FN4O. The molecule has 2 N–H and O–H groups in total. The molecule has 2 amide bonds. The van der Waals surface area contributed by atoms with Crippen LogP contribution in [0.2, 0.25) is 0 Å². The lowest BCUT2D eigenvalue weighted by Gasteiger charge is -2.34. The summed E-state index contributed by atoms with van der Waals surface area (Å²) in [7, 11) is 2.14. The average Bonchev–Trinajstić information content (AvgIpc) is 3.29. The molecule has 2 fully saturated rings. The van der Waals surface area contributed by atoms with Crippen LogP contribution in [0.1, 0.15) is 24.8 Å². The number of rotatable bonds is 5. The highest BCUT2D eigenvalue weighted by Crippen LogP contribution is 2.40. The lowest BCUT2D eigenvalue weighted by atomic mass is 10.1. The second-order valence-electron chi connectivity index (χ2n) is 7.12. The summed E-state index contributed by atoms with van der Waals surface area (Å²) in [6, 6.07) is 6.73. The van der Waals surface area contributed by atoms with Crippen molar-refractivity contribution >= 4 is 6.03 Å². The maximum Gasteiger partial charge on any atom is 0.315 e. The molecule has 1 heterocycles. The van der Waals surface area contributed by atoms with Gasteiger partial charge in [0.25, 0.3) is 0 Å². The smallest absolute Gasteiger partial charge is 0.315 e. The van der Waals surface area contributed by atoms with Gasteiger partial charge in [0.1, 0.15) is 5.82 Å². The molecule has 1 aromatic rings. The predicted molar refractivity (Wildman–Crippen MR) is 92.6 cm³/mol. The van der Waals surface area contributed by atoms with E-state index in [9.17, 15) is 9.18 Å². The van der Waals surface area contributed by atoms with E-state index in [-0.39, 0.29) is 23.9 Å². The van der Waals surface area contributed by atoms with Crippen molar-refractivity contribution < 1.29 is 9.18 Å². The summed E-state index contributed by atoms with van der Waals surface area (Å²) in [5, 5.41) is 6.05. The maximum atomic E-state index is 12.9. The van der Waals surface area contributed by atoms with Crippen molar-refractivity contribution in [3.63, 3.8) is 0 Å². The molecule has 1 saturated heterocycles. The Bertz CT molecular complexity index is 557. The van der Waals surface area contributed by atoms with E-state index in [1.807, 2.05) is 6.92 Å². The normalized spacial score (nSPS) is 26.0. The number of nitrogens with one attached hydrogen (secondary N) is 2. The van der Waals surface area contributed by atoms with Gasteiger partial charge in [-0.25, -0.2) is 9.18 Å². The zero-order valence-corrected chi connectivity index (χ0v) is 14.5. The fourth-order valence-electron chi connectivity index (χ4n) is 3.33. The monoisotopic (exact) mass is 334 g/mol. The molecule has 6 heteroatoms. The fraction of sp³-hybridized carbons (Fsp3) is 0.611. The van der Waals surface area contributed by atoms with Crippen LogP contribution in [-0.2, 0) is 0 Å². The number of urea groups is 1. The topological polar surface area (TPSA) is 47.6 Å². The first-order valence-corrected chi connectivity index (χ1v) is 8.74. The number of piperazine rings is 1. The highest BCUT2D eigenvalue weighted by Gasteiger charge is 2.39. The van der Waals surface area contributed by atoms with Crippen molar-refractivity contribution in [1.29, 1.82) is 0 Å². The lowest BCUT2D eigenvalue weighted by Crippen LogP contribution is -2.51. The Morgan fingerprint density at radius 1 is 1.25 bits per heavy atom. The van der Waals surface area contributed by atoms with E-state index in [2.05, 4.69) is 27.5 Å². The molecule has 0 bridgehead atoms. The molecular weight excluding hydrogens is 307 g/mol. The van der Waals surface area contributed by atoms with E-state index >= 15 is 0 Å². The molecule has 3 atom stereocenters. The Balaban J connectivity index is 1.37. The van der Waals surface area contributed by atoms with Gasteiger partial charge < -0.3 is 15.5 Å². The van der Waals surface area contributed by atoms with Crippen LogP contribution in [-0.4, -0.2) is 67.7 Å². The van der Waals surface area contributed by atoms with E-state index < -0.39 is 0 Å². The van der Waals surface area contributed by atoms with Gasteiger partial charge in [-0.3, -0.25) is 4.90 Å². The third kappa shape index (κ3) is 4.68. The third-order valence-electron chi connectivity index (χ3n) is 4.91. The van der Waals surface area contributed by atoms with Gasteiger partial charge in [-0.05, 0) is 38.1 Å². The quantitative estimate of drug-likeness (QED) is 0.860. The molecule has 132 valence electrons. The second kappa shape index (κ2) is 7.49. The number of amides is 2. The van der Waals surface area contributed by atoms with Crippen LogP contribution in [0.25, 0.3) is 0 Å². The summed E-state index contributed by atoms with van der Waals surface area (Å²) in [6.45, 7) is 7.20. The van der Waals surface area contributed by atoms with Crippen molar-refractivity contribution in [2.75, 3.05) is 39.8 Å². The summed E-state index contributed by atoms with van der Waals surface area (Å²) in [5.41, 5.74) is 1.09. The molecule has 0 radical (unpaired) electrons. The number of carbonyl (C=O) groups is 1. The number of hydrogen-bond acceptors (Lipinski definition) is 3. The second-order valence-corrected chi connectivity index (χ2v) is 7.12. The zero-order valence-electron chi connectivity index (χ0n) is 14.5. The van der Waals surface area contributed by atoms with Gasteiger partial charge in [-0.2, -0.15) is 0 Å². The van der Waals surface area contributed by atoms with Gasteiger partial charge in [0.2, 0.25) is 0 Å². The van der Waals surface area contributed by atoms with Crippen molar-refractivity contribution in [3.05, 3.63) is 35.6 Å². The van der Waals surface area contributed by atoms with E-state index in [1.54, 1.807) is 12.1 Å². The van der Waals surface area contributed by atoms with E-state index in [0.717, 1.165) is 44.7 Å². The minimum Gasteiger partial charge on any atom is -0.335 e. The first-order chi connectivity index (χ1) is 11.5. The zero-order chi connectivity index (χ0) is 17.1. The van der Waals surface area contributed by atoms with E-state index in [1.165, 1.54) is 12.1 Å². The standard InChI is InChI=1S/C18H27FN4O/c1-13(12-23-9-7-22(2)8-10-23)20-18(24)21-17-11-16(17)14-3-5-15(19)6-4-14/h3-6,13,16-17H,7-12H2,1-2H3,(H2,20,21,24)/t13-,16-,17+/m1/s1. The van der Waals surface area contributed by atoms with Gasteiger partial charge in [0.05, 0.1) is 0 Å². The first-order valence-electron chi connectivity index (χ1n) is 8.74. The molecule has 3 rings (SSSR count). The van der Waals surface area contributed by atoms with Gasteiger partial charge in [-0.15, -0.1) is 0 Å². The first kappa shape index (κ1) is 17.2. The number of benzene rings is 1. The summed E-state index contributed by atoms with van der Waals surface area (Å²) >= 11 is 0. The Labute approximate surface area is 143 Å². The summed E-state index contributed by atoms with van der Waals surface area (Å²) < 4.78 is 12.9. The lowest BCUT2D eigenvalue weighted by molar-refractivity contribution is 0.144. The third-order valence-corrected chi connectivity index (χ3v) is 4.91. The molecule has 1 aliphatic carbocycles. The van der Waals surface area contributed by atoms with E-state index in [4.69, 9.17) is 0 Å². The average molecular weight is 334 g/mol. The van der Waals surface area contributed by atoms with Crippen LogP contribution >= 0.6 is 0 Å². The Hall–Kier alpha value is -1.66. The van der Waals surface area contributed by atoms with Gasteiger partial charge in [-0.1, -0.05) is 12.1 Å². The minimum atomic E-state index is -0.223. The fourth-order valence-corrected chi connectivity index (χ4v) is 3.33. The Kier molecular flexibility index (Phi) is 5.36. The SMILES string of the molecule is C[C@H](CN1CCN(C)CC1)NC(=O)N[C@H]1C[C@@H]1c1ccc(F)cc1. The van der Waals surface area contributed by atoms with Crippen LogP contribution in [0.15, 0.2) is 24.3 Å². The van der Waals surface area contributed by atoms with Crippen molar-refractivity contribution in [1.82, 2.24) is 20.4 Å². The van der Waals surface area contributed by atoms with E-state index in [0.29, 0.717) is 5.92 Å². The molecule has 2 aliphatic rings. The predicted octanol–water partition coefficient (Wildman–Crippen LogP) is 1.62. The largest absolute Gasteiger partial charge is 0.335 e. The molecule has 24 heavy (non-hydrogen) atoms. The number of halogens is 1. The maximum absolute atomic E-state index is 12.9. The number of carbonyl (C=O) groups excluding carboxylic acids is 1. The van der Waals surface area contributed by atoms with Gasteiger partial charge in [0.15, 0.2) is 0 Å². The molecule has 1 aromatic carbocycles. The molecule has 0 spiro atoms. The van der Waals surface area contributed by atoms with Crippen molar-refractivity contribution in [2.45, 2.75) is 31.3 Å². The summed E-state index contributed by atoms with van der Waals surface area (Å²) in [5.74, 6) is 0.0867. The Morgan fingerprint density at radius 3 is 2.58 bits per heavy atom. The molecule has 1 aliphatic heterocycles. The molecule has 0 aromatic heterocycles. The molecule has 1 saturated carbocycles. The molecule has 0 unspecified atom stereocenters. The van der Waals surface area contributed by atoms with Crippen LogP contribution in [0.4, 0.5) is 9.18 Å². The Morgan fingerprint density at radius 2 is 1.92 bits per heavy atom. The number of likely N-dealkylation sites (N-methyl/N-ethyl adjacent to an activating group) is 1. The van der Waals surface area contributed by atoms with Gasteiger partial charge >= 0.3 is 6.03 Å². The van der Waals surface area contributed by atoms with Crippen LogP contribution in [0.3, 0.4) is 0 Å². The van der Waals surface area contributed by atoms with Gasteiger partial charge in [0, 0.05) is 50.7 Å². The van der Waals surface area contributed by atoms with Crippen LogP contribution in [0, 0.1) is 5.82 Å². The molecule has 5 nitrogen and oxygen atoms in total. The van der Waals surface area contributed by atoms with Crippen molar-refractivity contribution in [3.8, 4) is 0 Å². The minimum absolute atomic E-state index is 0.105. The van der Waals surface area contributed by atoms with Crippen molar-refractivity contribution in [2.24, 2.45) is 0 Å². The highest BCUT2D eigenvalue weighted by atomic mass is 19.1. The highest BCUT2D eigenvalue weighted by molar-refractivity contribution is 5.75. The number of nitrogens with zero attached hydrogens (tertiary/aromatic N) is 2. The summed E-state index contributed by atoms with van der Waals surface area (Å²) in [4.78, 5) is 16.8. The van der Waals surface area contributed by atoms with Crippen LogP contribution < -0.4 is 10.6 Å².